The highest BCUT2D eigenvalue weighted by Crippen LogP contribution is 2.11. The molecule has 0 aliphatic carbocycles. The maximum absolute atomic E-state index is 11.9. The van der Waals surface area contributed by atoms with Crippen LogP contribution in [0.4, 0.5) is 5.69 Å². The first-order valence-electron chi connectivity index (χ1n) is 7.03. The van der Waals surface area contributed by atoms with Gasteiger partial charge in [0.15, 0.2) is 5.57 Å². The SMILES string of the molecule is CCOC(=O)/C(C#N)=C\Nc1cccc(C(=O)NCCOC)c1. The number of hydrogen-bond donors (Lipinski definition) is 2. The Morgan fingerprint density at radius 1 is 1.39 bits per heavy atom. The topological polar surface area (TPSA) is 100 Å². The van der Waals surface area contributed by atoms with Gasteiger partial charge in [0, 0.05) is 31.1 Å². The molecule has 0 heterocycles. The van der Waals surface area contributed by atoms with Crippen LogP contribution in [0.15, 0.2) is 36.0 Å². The van der Waals surface area contributed by atoms with Gasteiger partial charge in [-0.05, 0) is 25.1 Å². The van der Waals surface area contributed by atoms with E-state index in [0.717, 1.165) is 0 Å². The number of benzene rings is 1. The molecule has 122 valence electrons. The third kappa shape index (κ3) is 6.20. The van der Waals surface area contributed by atoms with Crippen LogP contribution < -0.4 is 10.6 Å². The van der Waals surface area contributed by atoms with E-state index in [-0.39, 0.29) is 18.1 Å². The molecule has 0 saturated carbocycles. The van der Waals surface area contributed by atoms with E-state index in [1.165, 1.54) is 6.20 Å². The van der Waals surface area contributed by atoms with Gasteiger partial charge < -0.3 is 20.1 Å². The molecule has 0 fully saturated rings. The highest BCUT2D eigenvalue weighted by molar-refractivity contribution is 5.95. The highest BCUT2D eigenvalue weighted by Gasteiger charge is 2.09. The standard InChI is InChI=1S/C16H19N3O4/c1-3-23-16(21)13(10-17)11-19-14-6-4-5-12(9-14)15(20)18-7-8-22-2/h4-6,9,11,19H,3,7-8H2,1-2H3,(H,18,20)/b13-11-. The van der Waals surface area contributed by atoms with E-state index < -0.39 is 5.97 Å². The smallest absolute Gasteiger partial charge is 0.350 e. The van der Waals surface area contributed by atoms with Crippen LogP contribution in [0.5, 0.6) is 0 Å². The van der Waals surface area contributed by atoms with Crippen molar-refractivity contribution in [2.45, 2.75) is 6.92 Å². The van der Waals surface area contributed by atoms with Crippen molar-refractivity contribution in [1.82, 2.24) is 5.32 Å². The molecule has 0 unspecified atom stereocenters. The number of nitrogens with zero attached hydrogens (tertiary/aromatic N) is 1. The van der Waals surface area contributed by atoms with Gasteiger partial charge >= 0.3 is 5.97 Å². The summed E-state index contributed by atoms with van der Waals surface area (Å²) in [5.74, 6) is -0.934. The summed E-state index contributed by atoms with van der Waals surface area (Å²) in [5, 5.41) is 14.4. The van der Waals surface area contributed by atoms with Crippen molar-refractivity contribution in [1.29, 1.82) is 5.26 Å². The monoisotopic (exact) mass is 317 g/mol. The van der Waals surface area contributed by atoms with Crippen molar-refractivity contribution in [3.63, 3.8) is 0 Å². The van der Waals surface area contributed by atoms with Gasteiger partial charge in [-0.2, -0.15) is 5.26 Å². The van der Waals surface area contributed by atoms with Crippen LogP contribution in [-0.4, -0.2) is 38.7 Å². The lowest BCUT2D eigenvalue weighted by Crippen LogP contribution is -2.26. The van der Waals surface area contributed by atoms with Crippen LogP contribution in [0.1, 0.15) is 17.3 Å². The summed E-state index contributed by atoms with van der Waals surface area (Å²) in [4.78, 5) is 23.4. The zero-order valence-electron chi connectivity index (χ0n) is 13.1. The van der Waals surface area contributed by atoms with Crippen molar-refractivity contribution < 1.29 is 19.1 Å². The second-order valence-corrected chi connectivity index (χ2v) is 4.36. The molecular formula is C16H19N3O4. The minimum Gasteiger partial charge on any atom is -0.462 e. The maximum atomic E-state index is 11.9. The number of rotatable bonds is 8. The van der Waals surface area contributed by atoms with Gasteiger partial charge in [0.1, 0.15) is 6.07 Å². The summed E-state index contributed by atoms with van der Waals surface area (Å²) < 4.78 is 9.62. The number of methoxy groups -OCH3 is 1. The van der Waals surface area contributed by atoms with Gasteiger partial charge in [-0.3, -0.25) is 4.79 Å². The number of nitriles is 1. The zero-order valence-corrected chi connectivity index (χ0v) is 13.1. The van der Waals surface area contributed by atoms with Crippen molar-refractivity contribution in [3.8, 4) is 6.07 Å². The molecule has 1 aromatic rings. The molecule has 1 amide bonds. The Hall–Kier alpha value is -2.85. The van der Waals surface area contributed by atoms with Gasteiger partial charge in [0.05, 0.1) is 13.2 Å². The molecule has 0 spiro atoms. The predicted molar refractivity (Wildman–Crippen MR) is 84.6 cm³/mol. The molecule has 0 aromatic heterocycles. The third-order valence-electron chi connectivity index (χ3n) is 2.72. The zero-order chi connectivity index (χ0) is 17.1. The molecule has 7 heteroatoms. The molecule has 0 aliphatic rings. The molecule has 7 nitrogen and oxygen atoms in total. The molecule has 1 aromatic carbocycles. The first-order valence-corrected chi connectivity index (χ1v) is 7.03. The van der Waals surface area contributed by atoms with E-state index >= 15 is 0 Å². The summed E-state index contributed by atoms with van der Waals surface area (Å²) in [6, 6.07) is 8.43. The van der Waals surface area contributed by atoms with E-state index in [0.29, 0.717) is 24.4 Å². The number of hydrogen-bond acceptors (Lipinski definition) is 6. The van der Waals surface area contributed by atoms with Crippen molar-refractivity contribution in [2.75, 3.05) is 32.2 Å². The molecule has 1 rings (SSSR count). The summed E-state index contributed by atoms with van der Waals surface area (Å²) in [7, 11) is 1.55. The lowest BCUT2D eigenvalue weighted by atomic mass is 10.2. The van der Waals surface area contributed by atoms with Crippen molar-refractivity contribution in [2.24, 2.45) is 0 Å². The molecular weight excluding hydrogens is 298 g/mol. The van der Waals surface area contributed by atoms with Crippen LogP contribution in [0.3, 0.4) is 0 Å². The van der Waals surface area contributed by atoms with E-state index in [1.807, 2.05) is 0 Å². The van der Waals surface area contributed by atoms with Gasteiger partial charge in [0.25, 0.3) is 5.91 Å². The largest absolute Gasteiger partial charge is 0.462 e. The average Bonchev–Trinajstić information content (AvgIpc) is 2.56. The quantitative estimate of drug-likeness (QED) is 0.326. The molecule has 2 N–H and O–H groups in total. The number of esters is 1. The Morgan fingerprint density at radius 2 is 2.17 bits per heavy atom. The second kappa shape index (κ2) is 9.97. The fraction of sp³-hybridized carbons (Fsp3) is 0.312. The van der Waals surface area contributed by atoms with E-state index in [2.05, 4.69) is 10.6 Å². The van der Waals surface area contributed by atoms with E-state index in [1.54, 1.807) is 44.4 Å². The number of carbonyl (C=O) groups excluding carboxylic acids is 2. The first-order chi connectivity index (χ1) is 11.1. The molecule has 0 saturated heterocycles. The third-order valence-corrected chi connectivity index (χ3v) is 2.72. The molecule has 0 bridgehead atoms. The molecule has 0 radical (unpaired) electrons. The number of amides is 1. The molecule has 0 aliphatic heterocycles. The minimum atomic E-state index is -0.698. The van der Waals surface area contributed by atoms with Gasteiger partial charge in [-0.25, -0.2) is 4.79 Å². The van der Waals surface area contributed by atoms with Gasteiger partial charge in [-0.1, -0.05) is 6.07 Å². The molecule has 0 atom stereocenters. The lowest BCUT2D eigenvalue weighted by molar-refractivity contribution is -0.138. The second-order valence-electron chi connectivity index (χ2n) is 4.36. The number of anilines is 1. The van der Waals surface area contributed by atoms with Crippen molar-refractivity contribution in [3.05, 3.63) is 41.6 Å². The Balaban J connectivity index is 2.75. The van der Waals surface area contributed by atoms with Crippen molar-refractivity contribution >= 4 is 17.6 Å². The normalized spacial score (nSPS) is 10.6. The Morgan fingerprint density at radius 3 is 2.83 bits per heavy atom. The van der Waals surface area contributed by atoms with E-state index in [9.17, 15) is 9.59 Å². The fourth-order valence-electron chi connectivity index (χ4n) is 1.62. The number of nitrogens with one attached hydrogen (secondary N) is 2. The van der Waals surface area contributed by atoms with Gasteiger partial charge in [0.2, 0.25) is 0 Å². The summed E-state index contributed by atoms with van der Waals surface area (Å²) in [5.41, 5.74) is 0.873. The summed E-state index contributed by atoms with van der Waals surface area (Å²) in [6.07, 6.45) is 1.25. The molecule has 23 heavy (non-hydrogen) atoms. The Labute approximate surface area is 134 Å². The Kier molecular flexibility index (Phi) is 7.89. The summed E-state index contributed by atoms with van der Waals surface area (Å²) >= 11 is 0. The van der Waals surface area contributed by atoms with Crippen LogP contribution in [-0.2, 0) is 14.3 Å². The lowest BCUT2D eigenvalue weighted by Gasteiger charge is -2.07. The van der Waals surface area contributed by atoms with Crippen LogP contribution in [0.25, 0.3) is 0 Å². The minimum absolute atomic E-state index is 0.151. The van der Waals surface area contributed by atoms with Crippen LogP contribution in [0, 0.1) is 11.3 Å². The first kappa shape index (κ1) is 18.2. The van der Waals surface area contributed by atoms with Crippen LogP contribution in [0.2, 0.25) is 0 Å². The average molecular weight is 317 g/mol. The summed E-state index contributed by atoms with van der Waals surface area (Å²) in [6.45, 7) is 2.69. The Bertz CT molecular complexity index is 620. The number of ether oxygens (including phenoxy) is 2. The maximum Gasteiger partial charge on any atom is 0.350 e. The van der Waals surface area contributed by atoms with E-state index in [4.69, 9.17) is 14.7 Å². The van der Waals surface area contributed by atoms with Crippen LogP contribution >= 0.6 is 0 Å². The fourth-order valence-corrected chi connectivity index (χ4v) is 1.62. The van der Waals surface area contributed by atoms with Gasteiger partial charge in [-0.15, -0.1) is 0 Å². The number of carbonyl (C=O) groups is 2. The predicted octanol–water partition coefficient (Wildman–Crippen LogP) is 1.45. The highest BCUT2D eigenvalue weighted by atomic mass is 16.5.